The molecule has 3 heteroatoms. The molecule has 1 aromatic rings. The van der Waals surface area contributed by atoms with Crippen LogP contribution in [0.15, 0.2) is 18.2 Å². The summed E-state index contributed by atoms with van der Waals surface area (Å²) >= 11 is 0. The van der Waals surface area contributed by atoms with E-state index in [0.29, 0.717) is 17.9 Å². The third kappa shape index (κ3) is 3.20. The summed E-state index contributed by atoms with van der Waals surface area (Å²) in [6, 6.07) is 4.84. The van der Waals surface area contributed by atoms with Crippen LogP contribution in [0.4, 0.5) is 4.39 Å². The minimum absolute atomic E-state index is 0.182. The summed E-state index contributed by atoms with van der Waals surface area (Å²) in [5.41, 5.74) is 0.319. The fraction of sp³-hybridized carbons (Fsp3) is 0.538. The van der Waals surface area contributed by atoms with Crippen LogP contribution in [-0.4, -0.2) is 12.2 Å². The molecule has 0 saturated carbocycles. The zero-order valence-corrected chi connectivity index (χ0v) is 10.0. The fourth-order valence-electron chi connectivity index (χ4n) is 1.59. The molecule has 0 aromatic heterocycles. The number of methoxy groups -OCH3 is 1. The first-order chi connectivity index (χ1) is 7.56. The van der Waals surface area contributed by atoms with Crippen molar-refractivity contribution in [2.24, 2.45) is 5.92 Å². The number of benzene rings is 1. The second kappa shape index (κ2) is 5.85. The standard InChI is InChI=1S/C13H19FO2/c1-9(2)7-8-11(15)10-5-4-6-12(16-3)13(10)14/h4-6,9,11,15H,7-8H2,1-3H3. The Hall–Kier alpha value is -1.09. The average molecular weight is 226 g/mol. The lowest BCUT2D eigenvalue weighted by atomic mass is 9.99. The Labute approximate surface area is 96.1 Å². The summed E-state index contributed by atoms with van der Waals surface area (Å²) in [6.07, 6.45) is 0.692. The molecule has 0 saturated heterocycles. The van der Waals surface area contributed by atoms with Crippen LogP contribution in [0.5, 0.6) is 5.75 Å². The first kappa shape index (κ1) is 13.0. The second-order valence-electron chi connectivity index (χ2n) is 4.35. The molecule has 0 aliphatic rings. The van der Waals surface area contributed by atoms with E-state index in [1.165, 1.54) is 7.11 Å². The monoisotopic (exact) mass is 226 g/mol. The molecule has 16 heavy (non-hydrogen) atoms. The number of aliphatic hydroxyl groups is 1. The van der Waals surface area contributed by atoms with Gasteiger partial charge in [-0.25, -0.2) is 4.39 Å². The molecule has 1 aromatic carbocycles. The Morgan fingerprint density at radius 2 is 2.00 bits per heavy atom. The van der Waals surface area contributed by atoms with Crippen molar-refractivity contribution in [3.63, 3.8) is 0 Å². The number of halogens is 1. The predicted octanol–water partition coefficient (Wildman–Crippen LogP) is 3.30. The number of ether oxygens (including phenoxy) is 1. The Kier molecular flexibility index (Phi) is 4.74. The van der Waals surface area contributed by atoms with Crippen molar-refractivity contribution in [1.82, 2.24) is 0 Å². The van der Waals surface area contributed by atoms with Gasteiger partial charge in [-0.15, -0.1) is 0 Å². The van der Waals surface area contributed by atoms with Crippen LogP contribution in [0.3, 0.4) is 0 Å². The molecule has 2 nitrogen and oxygen atoms in total. The molecule has 1 atom stereocenters. The number of aliphatic hydroxyl groups excluding tert-OH is 1. The SMILES string of the molecule is COc1cccc(C(O)CCC(C)C)c1F. The van der Waals surface area contributed by atoms with Gasteiger partial charge in [0.1, 0.15) is 0 Å². The molecule has 1 unspecified atom stereocenters. The number of hydrogen-bond donors (Lipinski definition) is 1. The van der Waals surface area contributed by atoms with Crippen LogP contribution in [0.1, 0.15) is 38.4 Å². The van der Waals surface area contributed by atoms with Gasteiger partial charge in [0.2, 0.25) is 0 Å². The summed E-state index contributed by atoms with van der Waals surface area (Å²) in [5.74, 6) is 0.227. The van der Waals surface area contributed by atoms with Gasteiger partial charge < -0.3 is 9.84 Å². The normalized spacial score (nSPS) is 12.9. The van der Waals surface area contributed by atoms with Gasteiger partial charge >= 0.3 is 0 Å². The Morgan fingerprint density at radius 3 is 2.56 bits per heavy atom. The van der Waals surface area contributed by atoms with Gasteiger partial charge in [0.25, 0.3) is 0 Å². The maximum atomic E-state index is 13.8. The van der Waals surface area contributed by atoms with Crippen molar-refractivity contribution in [3.8, 4) is 5.75 Å². The van der Waals surface area contributed by atoms with Crippen molar-refractivity contribution in [2.75, 3.05) is 7.11 Å². The maximum absolute atomic E-state index is 13.8. The molecule has 0 heterocycles. The van der Waals surface area contributed by atoms with E-state index >= 15 is 0 Å². The van der Waals surface area contributed by atoms with E-state index in [2.05, 4.69) is 13.8 Å². The van der Waals surface area contributed by atoms with Crippen molar-refractivity contribution in [2.45, 2.75) is 32.8 Å². The third-order valence-electron chi connectivity index (χ3n) is 2.59. The lowest BCUT2D eigenvalue weighted by molar-refractivity contribution is 0.154. The van der Waals surface area contributed by atoms with Gasteiger partial charge in [0.05, 0.1) is 13.2 Å². The van der Waals surface area contributed by atoms with Gasteiger partial charge in [0.15, 0.2) is 11.6 Å². The topological polar surface area (TPSA) is 29.5 Å². The highest BCUT2D eigenvalue weighted by Gasteiger charge is 2.16. The number of hydrogen-bond acceptors (Lipinski definition) is 2. The minimum Gasteiger partial charge on any atom is -0.494 e. The second-order valence-corrected chi connectivity index (χ2v) is 4.35. The number of rotatable bonds is 5. The molecule has 90 valence electrons. The van der Waals surface area contributed by atoms with Crippen LogP contribution in [0.2, 0.25) is 0 Å². The predicted molar refractivity (Wildman–Crippen MR) is 62.0 cm³/mol. The lowest BCUT2D eigenvalue weighted by Crippen LogP contribution is -2.03. The average Bonchev–Trinajstić information content (AvgIpc) is 2.26. The molecular formula is C13H19FO2. The van der Waals surface area contributed by atoms with Crippen LogP contribution >= 0.6 is 0 Å². The van der Waals surface area contributed by atoms with Crippen LogP contribution in [-0.2, 0) is 0 Å². The quantitative estimate of drug-likeness (QED) is 0.834. The molecule has 0 bridgehead atoms. The summed E-state index contributed by atoms with van der Waals surface area (Å²) in [7, 11) is 1.42. The molecule has 0 radical (unpaired) electrons. The highest BCUT2D eigenvalue weighted by molar-refractivity contribution is 5.32. The summed E-state index contributed by atoms with van der Waals surface area (Å²) < 4.78 is 18.6. The highest BCUT2D eigenvalue weighted by atomic mass is 19.1. The molecule has 1 N–H and O–H groups in total. The smallest absolute Gasteiger partial charge is 0.170 e. The van der Waals surface area contributed by atoms with Crippen molar-refractivity contribution < 1.29 is 14.2 Å². The molecule has 1 rings (SSSR count). The van der Waals surface area contributed by atoms with Crippen molar-refractivity contribution in [1.29, 1.82) is 0 Å². The molecular weight excluding hydrogens is 207 g/mol. The van der Waals surface area contributed by atoms with Crippen LogP contribution < -0.4 is 4.74 Å². The molecule has 0 aliphatic carbocycles. The fourth-order valence-corrected chi connectivity index (χ4v) is 1.59. The van der Waals surface area contributed by atoms with E-state index in [0.717, 1.165) is 6.42 Å². The van der Waals surface area contributed by atoms with Gasteiger partial charge in [-0.3, -0.25) is 0 Å². The maximum Gasteiger partial charge on any atom is 0.170 e. The van der Waals surface area contributed by atoms with Gasteiger partial charge in [0, 0.05) is 5.56 Å². The highest BCUT2D eigenvalue weighted by Crippen LogP contribution is 2.28. The summed E-state index contributed by atoms with van der Waals surface area (Å²) in [4.78, 5) is 0. The van der Waals surface area contributed by atoms with Crippen molar-refractivity contribution >= 4 is 0 Å². The molecule has 0 aliphatic heterocycles. The molecule has 0 amide bonds. The summed E-state index contributed by atoms with van der Waals surface area (Å²) in [6.45, 7) is 4.16. The van der Waals surface area contributed by atoms with E-state index in [9.17, 15) is 9.50 Å². The summed E-state index contributed by atoms with van der Waals surface area (Å²) in [5, 5.41) is 9.87. The van der Waals surface area contributed by atoms with Gasteiger partial charge in [-0.2, -0.15) is 0 Å². The Balaban J connectivity index is 2.78. The van der Waals surface area contributed by atoms with E-state index < -0.39 is 11.9 Å². The Morgan fingerprint density at radius 1 is 1.31 bits per heavy atom. The van der Waals surface area contributed by atoms with E-state index in [4.69, 9.17) is 4.74 Å². The van der Waals surface area contributed by atoms with Gasteiger partial charge in [-0.1, -0.05) is 26.0 Å². The molecule has 0 spiro atoms. The third-order valence-corrected chi connectivity index (χ3v) is 2.59. The van der Waals surface area contributed by atoms with Crippen molar-refractivity contribution in [3.05, 3.63) is 29.6 Å². The molecule has 0 fully saturated rings. The Bertz CT molecular complexity index is 337. The van der Waals surface area contributed by atoms with Crippen LogP contribution in [0, 0.1) is 11.7 Å². The van der Waals surface area contributed by atoms with E-state index in [1.807, 2.05) is 0 Å². The zero-order chi connectivity index (χ0) is 12.1. The zero-order valence-electron chi connectivity index (χ0n) is 10.0. The first-order valence-electron chi connectivity index (χ1n) is 5.56. The largest absolute Gasteiger partial charge is 0.494 e. The van der Waals surface area contributed by atoms with E-state index in [-0.39, 0.29) is 5.75 Å². The first-order valence-corrected chi connectivity index (χ1v) is 5.56. The van der Waals surface area contributed by atoms with Gasteiger partial charge in [-0.05, 0) is 24.8 Å². The minimum atomic E-state index is -0.752. The lowest BCUT2D eigenvalue weighted by Gasteiger charge is -2.14. The van der Waals surface area contributed by atoms with E-state index in [1.54, 1.807) is 18.2 Å². The van der Waals surface area contributed by atoms with Crippen LogP contribution in [0.25, 0.3) is 0 Å².